The van der Waals surface area contributed by atoms with Crippen LogP contribution in [0.2, 0.25) is 0 Å². The Morgan fingerprint density at radius 3 is 3.14 bits per heavy atom. The van der Waals surface area contributed by atoms with Crippen molar-refractivity contribution in [3.8, 4) is 0 Å². The van der Waals surface area contributed by atoms with Crippen molar-refractivity contribution in [1.82, 2.24) is 20.4 Å². The largest absolute Gasteiger partial charge is 0.333 e. The number of rotatable bonds is 3. The van der Waals surface area contributed by atoms with Crippen LogP contribution in [0.3, 0.4) is 0 Å². The number of hydrogen-bond acceptors (Lipinski definition) is 3. The molecule has 1 aliphatic heterocycles. The van der Waals surface area contributed by atoms with Gasteiger partial charge in [-0.3, -0.25) is 5.10 Å². The van der Waals surface area contributed by atoms with Gasteiger partial charge < -0.3 is 10.2 Å². The third kappa shape index (κ3) is 3.47. The first-order chi connectivity index (χ1) is 10.2. The van der Waals surface area contributed by atoms with Crippen LogP contribution in [-0.4, -0.2) is 27.7 Å². The third-order valence-corrected chi connectivity index (χ3v) is 5.33. The molecule has 1 atom stereocenters. The Kier molecular flexibility index (Phi) is 4.60. The molecule has 21 heavy (non-hydrogen) atoms. The second kappa shape index (κ2) is 6.62. The molecule has 3 rings (SSSR count). The first-order valence-corrected chi connectivity index (χ1v) is 8.62. The van der Waals surface area contributed by atoms with Gasteiger partial charge in [0.1, 0.15) is 0 Å². The topological polar surface area (TPSA) is 61.0 Å². The highest BCUT2D eigenvalue weighted by Gasteiger charge is 2.28. The summed E-state index contributed by atoms with van der Waals surface area (Å²) < 4.78 is 1.08. The lowest BCUT2D eigenvalue weighted by Gasteiger charge is -2.35. The Balaban J connectivity index is 1.64. The molecule has 1 saturated heterocycles. The molecule has 1 aliphatic rings. The van der Waals surface area contributed by atoms with E-state index in [0.29, 0.717) is 6.54 Å². The predicted molar refractivity (Wildman–Crippen MR) is 86.1 cm³/mol. The number of amides is 2. The van der Waals surface area contributed by atoms with Crippen molar-refractivity contribution in [2.45, 2.75) is 31.8 Å². The Morgan fingerprint density at radius 2 is 2.43 bits per heavy atom. The lowest BCUT2D eigenvalue weighted by atomic mass is 9.98. The summed E-state index contributed by atoms with van der Waals surface area (Å²) in [6, 6.07) is 4.16. The summed E-state index contributed by atoms with van der Waals surface area (Å²) in [5, 5.41) is 9.86. The number of aromatic nitrogens is 2. The summed E-state index contributed by atoms with van der Waals surface area (Å²) >= 11 is 5.08. The number of thiophene rings is 1. The van der Waals surface area contributed by atoms with Gasteiger partial charge in [0.05, 0.1) is 22.6 Å². The average Bonchev–Trinajstić information content (AvgIpc) is 3.16. The van der Waals surface area contributed by atoms with Crippen molar-refractivity contribution >= 4 is 33.3 Å². The number of nitrogens with one attached hydrogen (secondary N) is 2. The third-order valence-electron chi connectivity index (χ3n) is 3.71. The van der Waals surface area contributed by atoms with Gasteiger partial charge in [0.25, 0.3) is 0 Å². The Bertz CT molecular complexity index is 598. The molecule has 2 aromatic rings. The van der Waals surface area contributed by atoms with E-state index in [2.05, 4.69) is 31.4 Å². The molecule has 2 amide bonds. The van der Waals surface area contributed by atoms with E-state index >= 15 is 0 Å². The molecule has 5 nitrogen and oxygen atoms in total. The summed E-state index contributed by atoms with van der Waals surface area (Å²) in [6.45, 7) is 1.37. The lowest BCUT2D eigenvalue weighted by molar-refractivity contribution is 0.151. The van der Waals surface area contributed by atoms with Crippen LogP contribution in [0.1, 0.15) is 35.7 Å². The first-order valence-electron chi connectivity index (χ1n) is 7.01. The number of halogens is 1. The number of carbonyl (C=O) groups is 1. The van der Waals surface area contributed by atoms with Crippen LogP contribution in [0.15, 0.2) is 28.3 Å². The molecule has 0 spiro atoms. The summed E-state index contributed by atoms with van der Waals surface area (Å²) in [5.74, 6) is 0. The minimum atomic E-state index is 0.00502. The van der Waals surface area contributed by atoms with E-state index < -0.39 is 0 Å². The van der Waals surface area contributed by atoms with Crippen molar-refractivity contribution in [3.63, 3.8) is 0 Å². The molecular formula is C14H17BrN4OS. The number of piperidine rings is 1. The van der Waals surface area contributed by atoms with Crippen LogP contribution in [0.5, 0.6) is 0 Å². The first kappa shape index (κ1) is 14.6. The lowest BCUT2D eigenvalue weighted by Crippen LogP contribution is -2.44. The van der Waals surface area contributed by atoms with E-state index in [1.807, 2.05) is 29.4 Å². The molecular weight excluding hydrogens is 352 g/mol. The fourth-order valence-electron chi connectivity index (χ4n) is 2.68. The predicted octanol–water partition coefficient (Wildman–Crippen LogP) is 3.67. The minimum Gasteiger partial charge on any atom is -0.333 e. The number of likely N-dealkylation sites (tertiary alicyclic amines) is 1. The highest BCUT2D eigenvalue weighted by atomic mass is 79.9. The maximum atomic E-state index is 12.5. The van der Waals surface area contributed by atoms with E-state index in [4.69, 9.17) is 0 Å². The molecule has 0 saturated carbocycles. The molecule has 2 N–H and O–H groups in total. The summed E-state index contributed by atoms with van der Waals surface area (Å²) in [4.78, 5) is 15.5. The van der Waals surface area contributed by atoms with E-state index in [1.54, 1.807) is 11.3 Å². The van der Waals surface area contributed by atoms with E-state index in [-0.39, 0.29) is 12.1 Å². The standard InChI is InChI=1S/C14H17BrN4OS/c15-13-5-4-11(21-13)9-16-14(20)19-6-2-1-3-12(19)10-7-17-18-8-10/h4-5,7-8,12H,1-3,6,9H2,(H,16,20)(H,17,18). The number of H-pyrrole nitrogens is 1. The molecule has 112 valence electrons. The number of hydrogen-bond donors (Lipinski definition) is 2. The fourth-order valence-corrected chi connectivity index (χ4v) is 4.10. The zero-order chi connectivity index (χ0) is 14.7. The van der Waals surface area contributed by atoms with Crippen molar-refractivity contribution < 1.29 is 4.79 Å². The van der Waals surface area contributed by atoms with Gasteiger partial charge in [-0.25, -0.2) is 4.79 Å². The number of nitrogens with zero attached hydrogens (tertiary/aromatic N) is 2. The van der Waals surface area contributed by atoms with Gasteiger partial charge in [0.15, 0.2) is 0 Å². The molecule has 1 fully saturated rings. The SMILES string of the molecule is O=C(NCc1ccc(Br)s1)N1CCCCC1c1cn[nH]c1. The number of aromatic amines is 1. The van der Waals surface area contributed by atoms with E-state index in [9.17, 15) is 4.79 Å². The second-order valence-corrected chi connectivity index (χ2v) is 7.65. The Morgan fingerprint density at radius 1 is 1.52 bits per heavy atom. The molecule has 0 radical (unpaired) electrons. The average molecular weight is 369 g/mol. The Hall–Kier alpha value is -1.34. The van der Waals surface area contributed by atoms with Gasteiger partial charge in [0.2, 0.25) is 0 Å². The van der Waals surface area contributed by atoms with Crippen LogP contribution >= 0.6 is 27.3 Å². The summed E-state index contributed by atoms with van der Waals surface area (Å²) in [5.41, 5.74) is 1.09. The van der Waals surface area contributed by atoms with Crippen molar-refractivity contribution in [1.29, 1.82) is 0 Å². The van der Waals surface area contributed by atoms with Crippen LogP contribution in [0.4, 0.5) is 4.79 Å². The molecule has 1 unspecified atom stereocenters. The molecule has 0 aromatic carbocycles. The summed E-state index contributed by atoms with van der Waals surface area (Å²) in [6.07, 6.45) is 6.90. The highest BCUT2D eigenvalue weighted by molar-refractivity contribution is 9.11. The normalized spacial score (nSPS) is 18.7. The van der Waals surface area contributed by atoms with Gasteiger partial charge in [0, 0.05) is 23.2 Å². The molecule has 3 heterocycles. The Labute approximate surface area is 135 Å². The van der Waals surface area contributed by atoms with Crippen LogP contribution in [-0.2, 0) is 6.54 Å². The maximum absolute atomic E-state index is 12.5. The van der Waals surface area contributed by atoms with Crippen molar-refractivity contribution in [2.24, 2.45) is 0 Å². The van der Waals surface area contributed by atoms with Crippen LogP contribution in [0, 0.1) is 0 Å². The molecule has 2 aromatic heterocycles. The van der Waals surface area contributed by atoms with Gasteiger partial charge in [-0.05, 0) is 47.3 Å². The van der Waals surface area contributed by atoms with E-state index in [1.165, 1.54) is 0 Å². The van der Waals surface area contributed by atoms with Gasteiger partial charge in [-0.2, -0.15) is 5.10 Å². The van der Waals surface area contributed by atoms with Gasteiger partial charge in [-0.15, -0.1) is 11.3 Å². The quantitative estimate of drug-likeness (QED) is 0.867. The molecule has 7 heteroatoms. The number of urea groups is 1. The smallest absolute Gasteiger partial charge is 0.318 e. The monoisotopic (exact) mass is 368 g/mol. The van der Waals surface area contributed by atoms with Gasteiger partial charge >= 0.3 is 6.03 Å². The van der Waals surface area contributed by atoms with Crippen LogP contribution < -0.4 is 5.32 Å². The van der Waals surface area contributed by atoms with Crippen molar-refractivity contribution in [2.75, 3.05) is 6.54 Å². The van der Waals surface area contributed by atoms with Crippen molar-refractivity contribution in [3.05, 3.63) is 38.8 Å². The van der Waals surface area contributed by atoms with Crippen LogP contribution in [0.25, 0.3) is 0 Å². The number of carbonyl (C=O) groups excluding carboxylic acids is 1. The zero-order valence-corrected chi connectivity index (χ0v) is 13.9. The zero-order valence-electron chi connectivity index (χ0n) is 11.5. The second-order valence-electron chi connectivity index (χ2n) is 5.10. The van der Waals surface area contributed by atoms with Gasteiger partial charge in [-0.1, -0.05) is 0 Å². The van der Waals surface area contributed by atoms with E-state index in [0.717, 1.165) is 40.0 Å². The molecule has 0 aliphatic carbocycles. The maximum Gasteiger partial charge on any atom is 0.318 e. The summed E-state index contributed by atoms with van der Waals surface area (Å²) in [7, 11) is 0. The highest BCUT2D eigenvalue weighted by Crippen LogP contribution is 2.30. The fraction of sp³-hybridized carbons (Fsp3) is 0.429. The molecule has 0 bridgehead atoms. The minimum absolute atomic E-state index is 0.00502.